The molecule has 20 heavy (non-hydrogen) atoms. The maximum absolute atomic E-state index is 12.3. The van der Waals surface area contributed by atoms with Crippen molar-refractivity contribution in [3.63, 3.8) is 0 Å². The van der Waals surface area contributed by atoms with Gasteiger partial charge in [-0.1, -0.05) is 18.9 Å². The third-order valence-electron chi connectivity index (χ3n) is 4.47. The Morgan fingerprint density at radius 1 is 1.35 bits per heavy atom. The van der Waals surface area contributed by atoms with Crippen molar-refractivity contribution in [3.05, 3.63) is 22.4 Å². The van der Waals surface area contributed by atoms with Crippen molar-refractivity contribution < 1.29 is 9.53 Å². The summed E-state index contributed by atoms with van der Waals surface area (Å²) in [6.45, 7) is 0.814. The number of amides is 1. The number of rotatable bonds is 5. The van der Waals surface area contributed by atoms with E-state index in [-0.39, 0.29) is 18.1 Å². The van der Waals surface area contributed by atoms with Crippen molar-refractivity contribution >= 4 is 17.2 Å². The number of carbonyl (C=O) groups is 1. The van der Waals surface area contributed by atoms with Crippen LogP contribution in [0.3, 0.4) is 0 Å². The van der Waals surface area contributed by atoms with E-state index in [0.29, 0.717) is 12.3 Å². The summed E-state index contributed by atoms with van der Waals surface area (Å²) in [5.74, 6) is 0.768. The Labute approximate surface area is 124 Å². The van der Waals surface area contributed by atoms with Gasteiger partial charge in [0.05, 0.1) is 18.6 Å². The summed E-state index contributed by atoms with van der Waals surface area (Å²) < 4.78 is 5.56. The molecule has 1 aliphatic carbocycles. The second-order valence-corrected chi connectivity index (χ2v) is 6.92. The summed E-state index contributed by atoms with van der Waals surface area (Å²) in [4.78, 5) is 13.6. The summed E-state index contributed by atoms with van der Waals surface area (Å²) in [5.41, 5.74) is 0. The van der Waals surface area contributed by atoms with Crippen molar-refractivity contribution in [1.29, 1.82) is 0 Å². The lowest BCUT2D eigenvalue weighted by Gasteiger charge is -2.24. The van der Waals surface area contributed by atoms with Gasteiger partial charge in [-0.15, -0.1) is 11.3 Å². The van der Waals surface area contributed by atoms with Crippen molar-refractivity contribution in [2.45, 2.75) is 57.1 Å². The third-order valence-corrected chi connectivity index (χ3v) is 5.43. The maximum atomic E-state index is 12.3. The van der Waals surface area contributed by atoms with Crippen LogP contribution in [-0.2, 0) is 9.53 Å². The molecule has 0 spiro atoms. The fourth-order valence-electron chi connectivity index (χ4n) is 3.42. The smallest absolute Gasteiger partial charge is 0.223 e. The summed E-state index contributed by atoms with van der Waals surface area (Å²) in [7, 11) is 0. The lowest BCUT2D eigenvalue weighted by atomic mass is 9.96. The number of nitrogens with one attached hydrogen (secondary N) is 1. The molecule has 1 N–H and O–H groups in total. The summed E-state index contributed by atoms with van der Waals surface area (Å²) >= 11 is 1.76. The number of hydrogen-bond acceptors (Lipinski definition) is 3. The van der Waals surface area contributed by atoms with Gasteiger partial charge in [0.25, 0.3) is 0 Å². The minimum absolute atomic E-state index is 0.141. The molecule has 3 nitrogen and oxygen atoms in total. The second kappa shape index (κ2) is 6.72. The molecule has 0 aromatic carbocycles. The van der Waals surface area contributed by atoms with E-state index in [1.807, 2.05) is 0 Å². The first-order valence-corrected chi connectivity index (χ1v) is 8.65. The van der Waals surface area contributed by atoms with Crippen LogP contribution in [0.5, 0.6) is 0 Å². The molecule has 1 saturated heterocycles. The van der Waals surface area contributed by atoms with Crippen LogP contribution < -0.4 is 5.32 Å². The van der Waals surface area contributed by atoms with Crippen molar-refractivity contribution in [2.24, 2.45) is 5.92 Å². The fraction of sp³-hybridized carbons (Fsp3) is 0.688. The van der Waals surface area contributed by atoms with Gasteiger partial charge in [0, 0.05) is 11.5 Å². The van der Waals surface area contributed by atoms with E-state index >= 15 is 0 Å². The standard InChI is InChI=1S/C16H23NO2S/c18-15(11-13-7-3-9-19-13)17-16(12-5-1-2-6-12)14-8-4-10-20-14/h4,8,10,12-13,16H,1-3,5-7,9,11H2,(H,17,18)/t13-,16-/m0/s1. The minimum Gasteiger partial charge on any atom is -0.378 e. The molecule has 2 fully saturated rings. The Balaban J connectivity index is 1.61. The first kappa shape index (κ1) is 14.1. The van der Waals surface area contributed by atoms with Gasteiger partial charge in [-0.05, 0) is 43.0 Å². The zero-order chi connectivity index (χ0) is 13.8. The Kier molecular flexibility index (Phi) is 4.73. The van der Waals surface area contributed by atoms with Gasteiger partial charge < -0.3 is 10.1 Å². The maximum Gasteiger partial charge on any atom is 0.223 e. The molecule has 0 radical (unpaired) electrons. The molecule has 1 aliphatic heterocycles. The van der Waals surface area contributed by atoms with Crippen LogP contribution in [0.2, 0.25) is 0 Å². The zero-order valence-corrected chi connectivity index (χ0v) is 12.7. The molecule has 1 saturated carbocycles. The molecular formula is C16H23NO2S. The Morgan fingerprint density at radius 3 is 2.85 bits per heavy atom. The second-order valence-electron chi connectivity index (χ2n) is 5.94. The molecule has 1 aromatic rings. The first-order chi connectivity index (χ1) is 9.83. The average Bonchev–Trinajstić information content (AvgIpc) is 3.18. The molecule has 110 valence electrons. The Hall–Kier alpha value is -0.870. The highest BCUT2D eigenvalue weighted by atomic mass is 32.1. The molecule has 1 amide bonds. The Morgan fingerprint density at radius 2 is 2.20 bits per heavy atom. The summed E-state index contributed by atoms with van der Waals surface area (Å²) in [6.07, 6.45) is 7.86. The molecule has 3 rings (SSSR count). The van der Waals surface area contributed by atoms with Gasteiger partial charge in [0.15, 0.2) is 0 Å². The average molecular weight is 293 g/mol. The van der Waals surface area contributed by atoms with Gasteiger partial charge >= 0.3 is 0 Å². The van der Waals surface area contributed by atoms with Gasteiger partial charge in [0.1, 0.15) is 0 Å². The number of ether oxygens (including phenoxy) is 1. The van der Waals surface area contributed by atoms with E-state index in [1.165, 1.54) is 30.6 Å². The molecule has 0 unspecified atom stereocenters. The molecule has 0 bridgehead atoms. The van der Waals surface area contributed by atoms with Gasteiger partial charge in [-0.3, -0.25) is 4.79 Å². The van der Waals surface area contributed by atoms with Gasteiger partial charge in [-0.2, -0.15) is 0 Å². The largest absolute Gasteiger partial charge is 0.378 e. The highest BCUT2D eigenvalue weighted by Gasteiger charge is 2.29. The van der Waals surface area contributed by atoms with E-state index in [0.717, 1.165) is 19.4 Å². The van der Waals surface area contributed by atoms with E-state index in [9.17, 15) is 4.79 Å². The highest BCUT2D eigenvalue weighted by molar-refractivity contribution is 7.10. The van der Waals surface area contributed by atoms with Crippen LogP contribution in [0.1, 0.15) is 55.9 Å². The number of thiophene rings is 1. The predicted octanol–water partition coefficient (Wildman–Crippen LogP) is 3.66. The third kappa shape index (κ3) is 3.41. The molecule has 4 heteroatoms. The van der Waals surface area contributed by atoms with E-state index in [4.69, 9.17) is 4.74 Å². The van der Waals surface area contributed by atoms with Crippen molar-refractivity contribution in [2.75, 3.05) is 6.61 Å². The fourth-order valence-corrected chi connectivity index (χ4v) is 4.29. The number of hydrogen-bond donors (Lipinski definition) is 1. The molecule has 1 aromatic heterocycles. The van der Waals surface area contributed by atoms with Gasteiger partial charge in [-0.25, -0.2) is 0 Å². The predicted molar refractivity (Wildman–Crippen MR) is 80.8 cm³/mol. The molecular weight excluding hydrogens is 270 g/mol. The Bertz CT molecular complexity index is 420. The topological polar surface area (TPSA) is 38.3 Å². The normalized spacial score (nSPS) is 24.9. The monoisotopic (exact) mass is 293 g/mol. The quantitative estimate of drug-likeness (QED) is 0.899. The van der Waals surface area contributed by atoms with Crippen LogP contribution in [0.15, 0.2) is 17.5 Å². The van der Waals surface area contributed by atoms with Crippen LogP contribution in [0.25, 0.3) is 0 Å². The zero-order valence-electron chi connectivity index (χ0n) is 11.8. The lowest BCUT2D eigenvalue weighted by molar-refractivity contribution is -0.124. The summed E-state index contributed by atoms with van der Waals surface area (Å²) in [5, 5.41) is 5.38. The summed E-state index contributed by atoms with van der Waals surface area (Å²) in [6, 6.07) is 4.44. The molecule has 2 heterocycles. The SMILES string of the molecule is O=C(C[C@@H]1CCCO1)N[C@H](c1cccs1)C1CCCC1. The van der Waals surface area contributed by atoms with Crippen LogP contribution in [0, 0.1) is 5.92 Å². The first-order valence-electron chi connectivity index (χ1n) is 7.77. The van der Waals surface area contributed by atoms with Crippen molar-refractivity contribution in [1.82, 2.24) is 5.32 Å². The van der Waals surface area contributed by atoms with Crippen LogP contribution in [-0.4, -0.2) is 18.6 Å². The van der Waals surface area contributed by atoms with Gasteiger partial charge in [0.2, 0.25) is 5.91 Å². The molecule has 2 atom stereocenters. The minimum atomic E-state index is 0.141. The molecule has 2 aliphatic rings. The van der Waals surface area contributed by atoms with Crippen molar-refractivity contribution in [3.8, 4) is 0 Å². The van der Waals surface area contributed by atoms with E-state index in [1.54, 1.807) is 11.3 Å². The van der Waals surface area contributed by atoms with Crippen LogP contribution >= 0.6 is 11.3 Å². The van der Waals surface area contributed by atoms with E-state index < -0.39 is 0 Å². The van der Waals surface area contributed by atoms with E-state index in [2.05, 4.69) is 22.8 Å². The number of carbonyl (C=O) groups excluding carboxylic acids is 1. The van der Waals surface area contributed by atoms with Crippen LogP contribution in [0.4, 0.5) is 0 Å². The lowest BCUT2D eigenvalue weighted by Crippen LogP contribution is -2.34. The highest BCUT2D eigenvalue weighted by Crippen LogP contribution is 2.37.